The molecule has 1 rings (SSSR count). The summed E-state index contributed by atoms with van der Waals surface area (Å²) in [7, 11) is 1.63. The van der Waals surface area contributed by atoms with Crippen molar-refractivity contribution in [2.45, 2.75) is 38.7 Å². The van der Waals surface area contributed by atoms with Crippen LogP contribution in [0.1, 0.15) is 32.6 Å². The highest BCUT2D eigenvalue weighted by Gasteiger charge is 2.34. The molecule has 0 aromatic rings. The van der Waals surface area contributed by atoms with Gasteiger partial charge in [-0.05, 0) is 19.3 Å². The predicted octanol–water partition coefficient (Wildman–Crippen LogP) is 1.78. The van der Waals surface area contributed by atoms with E-state index in [1.807, 2.05) is 0 Å². The third-order valence-corrected chi connectivity index (χ3v) is 2.13. The maximum atomic E-state index is 11.4. The third-order valence-electron chi connectivity index (χ3n) is 2.13. The van der Waals surface area contributed by atoms with Crippen molar-refractivity contribution in [1.29, 1.82) is 0 Å². The molecule has 0 aliphatic heterocycles. The number of hydrogen-bond acceptors (Lipinski definition) is 2. The highest BCUT2D eigenvalue weighted by molar-refractivity contribution is 5.87. The van der Waals surface area contributed by atoms with Crippen molar-refractivity contribution in [2.24, 2.45) is 5.92 Å². The number of Topliss-reactive ketones (excluding diaryl/α,β-unsaturated/α-hetero) is 1. The second-order valence-electron chi connectivity index (χ2n) is 3.19. The molecule has 1 unspecified atom stereocenters. The van der Waals surface area contributed by atoms with Crippen molar-refractivity contribution in [3.05, 3.63) is 0 Å². The quantitative estimate of drug-likeness (QED) is 0.606. The molecule has 1 atom stereocenters. The zero-order chi connectivity index (χ0) is 8.27. The van der Waals surface area contributed by atoms with Gasteiger partial charge in [-0.15, -0.1) is 0 Å². The number of ketones is 1. The van der Waals surface area contributed by atoms with Crippen LogP contribution in [0, 0.1) is 5.92 Å². The lowest BCUT2D eigenvalue weighted by Crippen LogP contribution is -2.24. The highest BCUT2D eigenvalue weighted by Crippen LogP contribution is 2.32. The molecule has 11 heavy (non-hydrogen) atoms. The first-order valence-corrected chi connectivity index (χ1v) is 4.36. The maximum absolute atomic E-state index is 11.4. The molecule has 0 bridgehead atoms. The van der Waals surface area contributed by atoms with Gasteiger partial charge < -0.3 is 4.74 Å². The minimum atomic E-state index is -0.118. The first kappa shape index (κ1) is 8.72. The largest absolute Gasteiger partial charge is 0.374 e. The average Bonchev–Trinajstić information content (AvgIpc) is 2.81. The molecule has 0 aromatic carbocycles. The number of rotatable bonds is 5. The van der Waals surface area contributed by atoms with Crippen LogP contribution < -0.4 is 0 Å². The SMILES string of the molecule is CCCC(OC)C(=O)C1CC1. The monoisotopic (exact) mass is 156 g/mol. The van der Waals surface area contributed by atoms with Gasteiger partial charge in [-0.3, -0.25) is 4.79 Å². The van der Waals surface area contributed by atoms with Gasteiger partial charge in [0.2, 0.25) is 0 Å². The molecule has 2 nitrogen and oxygen atoms in total. The molecule has 0 N–H and O–H groups in total. The lowest BCUT2D eigenvalue weighted by atomic mass is 10.1. The Bertz CT molecular complexity index is 138. The smallest absolute Gasteiger partial charge is 0.164 e. The van der Waals surface area contributed by atoms with Gasteiger partial charge in [0.1, 0.15) is 6.10 Å². The summed E-state index contributed by atoms with van der Waals surface area (Å²) >= 11 is 0. The van der Waals surface area contributed by atoms with E-state index >= 15 is 0 Å². The van der Waals surface area contributed by atoms with Crippen LogP contribution in [0.5, 0.6) is 0 Å². The normalized spacial score (nSPS) is 19.8. The predicted molar refractivity (Wildman–Crippen MR) is 43.4 cm³/mol. The fourth-order valence-corrected chi connectivity index (χ4v) is 1.27. The summed E-state index contributed by atoms with van der Waals surface area (Å²) < 4.78 is 5.10. The Morgan fingerprint density at radius 2 is 2.27 bits per heavy atom. The first-order chi connectivity index (χ1) is 5.29. The molecular formula is C9H16O2. The van der Waals surface area contributed by atoms with E-state index in [2.05, 4.69) is 6.92 Å². The number of carbonyl (C=O) groups excluding carboxylic acids is 1. The van der Waals surface area contributed by atoms with E-state index in [1.165, 1.54) is 0 Å². The molecule has 0 aromatic heterocycles. The first-order valence-electron chi connectivity index (χ1n) is 4.36. The van der Waals surface area contributed by atoms with Crippen molar-refractivity contribution in [2.75, 3.05) is 7.11 Å². The summed E-state index contributed by atoms with van der Waals surface area (Å²) in [6.45, 7) is 2.08. The van der Waals surface area contributed by atoms with Crippen LogP contribution in [0.2, 0.25) is 0 Å². The Hall–Kier alpha value is -0.370. The van der Waals surface area contributed by atoms with E-state index in [1.54, 1.807) is 7.11 Å². The molecule has 0 amide bonds. The number of hydrogen-bond donors (Lipinski definition) is 0. The van der Waals surface area contributed by atoms with Gasteiger partial charge in [-0.2, -0.15) is 0 Å². The molecule has 2 heteroatoms. The van der Waals surface area contributed by atoms with Crippen LogP contribution in [0.25, 0.3) is 0 Å². The number of ether oxygens (including phenoxy) is 1. The van der Waals surface area contributed by atoms with Crippen LogP contribution in [0.3, 0.4) is 0 Å². The van der Waals surface area contributed by atoms with Gasteiger partial charge in [0, 0.05) is 13.0 Å². The third kappa shape index (κ3) is 2.29. The zero-order valence-electron chi connectivity index (χ0n) is 7.30. The van der Waals surface area contributed by atoms with Crippen molar-refractivity contribution in [3.63, 3.8) is 0 Å². The van der Waals surface area contributed by atoms with E-state index in [-0.39, 0.29) is 6.10 Å². The summed E-state index contributed by atoms with van der Waals surface area (Å²) in [4.78, 5) is 11.4. The van der Waals surface area contributed by atoms with Gasteiger partial charge in [-0.25, -0.2) is 0 Å². The van der Waals surface area contributed by atoms with Crippen molar-refractivity contribution in [1.82, 2.24) is 0 Å². The molecule has 1 aliphatic rings. The van der Waals surface area contributed by atoms with Crippen LogP contribution in [0.4, 0.5) is 0 Å². The van der Waals surface area contributed by atoms with Crippen molar-refractivity contribution < 1.29 is 9.53 Å². The molecular weight excluding hydrogens is 140 g/mol. The summed E-state index contributed by atoms with van der Waals surface area (Å²) in [5.41, 5.74) is 0. The molecule has 1 fully saturated rings. The van der Waals surface area contributed by atoms with Crippen molar-refractivity contribution in [3.8, 4) is 0 Å². The van der Waals surface area contributed by atoms with Gasteiger partial charge in [0.05, 0.1) is 0 Å². The Balaban J connectivity index is 2.32. The summed E-state index contributed by atoms with van der Waals surface area (Å²) in [6.07, 6.45) is 3.96. The Labute approximate surface area is 67.9 Å². The zero-order valence-corrected chi connectivity index (χ0v) is 7.30. The van der Waals surface area contributed by atoms with Crippen LogP contribution in [0.15, 0.2) is 0 Å². The molecule has 0 heterocycles. The fourth-order valence-electron chi connectivity index (χ4n) is 1.27. The molecule has 0 spiro atoms. The van der Waals surface area contributed by atoms with Crippen molar-refractivity contribution >= 4 is 5.78 Å². The molecule has 0 saturated heterocycles. The van der Waals surface area contributed by atoms with Gasteiger partial charge in [0.15, 0.2) is 5.78 Å². The fraction of sp³-hybridized carbons (Fsp3) is 0.889. The minimum Gasteiger partial charge on any atom is -0.374 e. The Morgan fingerprint density at radius 1 is 1.64 bits per heavy atom. The van der Waals surface area contributed by atoms with Crippen LogP contribution in [-0.2, 0) is 9.53 Å². The standard InChI is InChI=1S/C9H16O2/c1-3-4-8(11-2)9(10)7-5-6-7/h7-8H,3-6H2,1-2H3. The second kappa shape index (κ2) is 3.86. The Kier molecular flexibility index (Phi) is 3.06. The van der Waals surface area contributed by atoms with E-state index in [4.69, 9.17) is 4.74 Å². The van der Waals surface area contributed by atoms with E-state index in [0.717, 1.165) is 25.7 Å². The average molecular weight is 156 g/mol. The van der Waals surface area contributed by atoms with Crippen LogP contribution >= 0.6 is 0 Å². The summed E-state index contributed by atoms with van der Waals surface area (Å²) in [5, 5.41) is 0. The second-order valence-corrected chi connectivity index (χ2v) is 3.19. The van der Waals surface area contributed by atoms with E-state index < -0.39 is 0 Å². The van der Waals surface area contributed by atoms with E-state index in [9.17, 15) is 4.79 Å². The minimum absolute atomic E-state index is 0.118. The molecule has 0 radical (unpaired) electrons. The lowest BCUT2D eigenvalue weighted by molar-refractivity contribution is -0.130. The van der Waals surface area contributed by atoms with Gasteiger partial charge in [-0.1, -0.05) is 13.3 Å². The molecule has 1 saturated carbocycles. The summed E-state index contributed by atoms with van der Waals surface area (Å²) in [6, 6.07) is 0. The summed E-state index contributed by atoms with van der Waals surface area (Å²) in [5.74, 6) is 0.667. The Morgan fingerprint density at radius 3 is 2.64 bits per heavy atom. The molecule has 64 valence electrons. The maximum Gasteiger partial charge on any atom is 0.164 e. The van der Waals surface area contributed by atoms with E-state index in [0.29, 0.717) is 11.7 Å². The molecule has 1 aliphatic carbocycles. The topological polar surface area (TPSA) is 26.3 Å². The van der Waals surface area contributed by atoms with Gasteiger partial charge in [0.25, 0.3) is 0 Å². The number of methoxy groups -OCH3 is 1. The number of carbonyl (C=O) groups is 1. The van der Waals surface area contributed by atoms with Crippen LogP contribution in [-0.4, -0.2) is 19.0 Å². The lowest BCUT2D eigenvalue weighted by Gasteiger charge is -2.11. The van der Waals surface area contributed by atoms with Gasteiger partial charge >= 0.3 is 0 Å². The highest BCUT2D eigenvalue weighted by atomic mass is 16.5.